The van der Waals surface area contributed by atoms with E-state index in [0.29, 0.717) is 18.4 Å². The Morgan fingerprint density at radius 1 is 1.15 bits per heavy atom. The molecule has 0 spiro atoms. The zero-order chi connectivity index (χ0) is 15.0. The minimum atomic E-state index is -0.209. The molecule has 20 heavy (non-hydrogen) atoms. The smallest absolute Gasteiger partial charge is 0.313 e. The van der Waals surface area contributed by atoms with Gasteiger partial charge in [-0.1, -0.05) is 38.1 Å². The van der Waals surface area contributed by atoms with Gasteiger partial charge in [0.25, 0.3) is 0 Å². The normalized spacial score (nSPS) is 12.4. The maximum absolute atomic E-state index is 11.9. The highest BCUT2D eigenvalue weighted by Gasteiger charge is 2.16. The number of benzene rings is 1. The molecular weight excluding hydrogens is 272 g/mol. The molecule has 1 rings (SSSR count). The molecule has 0 aromatic heterocycles. The van der Waals surface area contributed by atoms with Crippen LogP contribution in [0.25, 0.3) is 0 Å². The van der Waals surface area contributed by atoms with Crippen LogP contribution in [0.1, 0.15) is 50.7 Å². The van der Waals surface area contributed by atoms with E-state index in [4.69, 9.17) is 16.3 Å². The summed E-state index contributed by atoms with van der Waals surface area (Å²) in [7, 11) is 0. The van der Waals surface area contributed by atoms with Gasteiger partial charge >= 0.3 is 5.97 Å². The fraction of sp³-hybridized carbons (Fsp3) is 0.588. The second-order valence-corrected chi connectivity index (χ2v) is 6.00. The third-order valence-electron chi connectivity index (χ3n) is 3.25. The van der Waals surface area contributed by atoms with E-state index in [0.717, 1.165) is 24.8 Å². The van der Waals surface area contributed by atoms with Crippen molar-refractivity contribution in [2.45, 2.75) is 46.0 Å². The number of halogens is 1. The average molecular weight is 297 g/mol. The number of esters is 1. The van der Waals surface area contributed by atoms with Gasteiger partial charge in [-0.05, 0) is 43.2 Å². The molecule has 0 saturated carbocycles. The van der Waals surface area contributed by atoms with Gasteiger partial charge in [0.05, 0.1) is 12.5 Å². The molecular formula is C17H25ClO2. The van der Waals surface area contributed by atoms with E-state index in [-0.39, 0.29) is 11.9 Å². The third-order valence-corrected chi connectivity index (χ3v) is 3.52. The molecule has 0 aliphatic carbocycles. The molecule has 3 heteroatoms. The van der Waals surface area contributed by atoms with Crippen molar-refractivity contribution in [2.75, 3.05) is 12.5 Å². The minimum Gasteiger partial charge on any atom is -0.465 e. The van der Waals surface area contributed by atoms with E-state index >= 15 is 0 Å². The summed E-state index contributed by atoms with van der Waals surface area (Å²) < 4.78 is 5.26. The number of unbranched alkanes of at least 4 members (excludes halogenated alkanes) is 1. The highest BCUT2D eigenvalue weighted by molar-refractivity contribution is 6.17. The SMILES string of the molecule is CC(C)Cc1ccc(C(C)C(=O)OCCCCCl)cc1. The fourth-order valence-electron chi connectivity index (χ4n) is 2.04. The molecule has 0 saturated heterocycles. The number of hydrogen-bond donors (Lipinski definition) is 0. The van der Waals surface area contributed by atoms with Crippen molar-refractivity contribution < 1.29 is 9.53 Å². The van der Waals surface area contributed by atoms with Gasteiger partial charge in [0.15, 0.2) is 0 Å². The van der Waals surface area contributed by atoms with Crippen LogP contribution in [-0.2, 0) is 16.0 Å². The molecule has 0 aliphatic heterocycles. The zero-order valence-corrected chi connectivity index (χ0v) is 13.5. The highest BCUT2D eigenvalue weighted by atomic mass is 35.5. The molecule has 1 aromatic carbocycles. The van der Waals surface area contributed by atoms with Gasteiger partial charge in [-0.2, -0.15) is 0 Å². The summed E-state index contributed by atoms with van der Waals surface area (Å²) in [5.41, 5.74) is 2.33. The van der Waals surface area contributed by atoms with Crippen LogP contribution in [-0.4, -0.2) is 18.5 Å². The van der Waals surface area contributed by atoms with Gasteiger partial charge in [-0.15, -0.1) is 11.6 Å². The summed E-state index contributed by atoms with van der Waals surface area (Å²) in [6.07, 6.45) is 2.78. The fourth-order valence-corrected chi connectivity index (χ4v) is 2.23. The summed E-state index contributed by atoms with van der Waals surface area (Å²) in [4.78, 5) is 11.9. The Morgan fingerprint density at radius 2 is 1.80 bits per heavy atom. The lowest BCUT2D eigenvalue weighted by Gasteiger charge is -2.13. The maximum atomic E-state index is 11.9. The Balaban J connectivity index is 2.49. The predicted octanol–water partition coefficient (Wildman–Crippen LogP) is 4.55. The second-order valence-electron chi connectivity index (χ2n) is 5.62. The summed E-state index contributed by atoms with van der Waals surface area (Å²) in [5.74, 6) is 0.894. The van der Waals surface area contributed by atoms with Crippen molar-refractivity contribution in [2.24, 2.45) is 5.92 Å². The molecule has 0 N–H and O–H groups in total. The number of carbonyl (C=O) groups excluding carboxylic acids is 1. The minimum absolute atomic E-state index is 0.156. The standard InChI is InChI=1S/C17H25ClO2/c1-13(2)12-15-6-8-16(9-7-15)14(3)17(19)20-11-5-4-10-18/h6-9,13-14H,4-5,10-12H2,1-3H3. The molecule has 0 amide bonds. The molecule has 2 nitrogen and oxygen atoms in total. The van der Waals surface area contributed by atoms with Crippen molar-refractivity contribution in [3.8, 4) is 0 Å². The van der Waals surface area contributed by atoms with E-state index in [1.54, 1.807) is 0 Å². The first-order valence-corrected chi connectivity index (χ1v) is 7.89. The van der Waals surface area contributed by atoms with Gasteiger partial charge in [0.1, 0.15) is 0 Å². The highest BCUT2D eigenvalue weighted by Crippen LogP contribution is 2.19. The van der Waals surface area contributed by atoms with Crippen LogP contribution in [0.5, 0.6) is 0 Å². The van der Waals surface area contributed by atoms with Crippen LogP contribution in [0.15, 0.2) is 24.3 Å². The lowest BCUT2D eigenvalue weighted by Crippen LogP contribution is -2.14. The van der Waals surface area contributed by atoms with E-state index in [9.17, 15) is 4.79 Å². The van der Waals surface area contributed by atoms with Gasteiger partial charge in [0, 0.05) is 5.88 Å². The van der Waals surface area contributed by atoms with Crippen LogP contribution in [0.4, 0.5) is 0 Å². The molecule has 0 aliphatic rings. The van der Waals surface area contributed by atoms with Crippen molar-refractivity contribution >= 4 is 17.6 Å². The van der Waals surface area contributed by atoms with Crippen LogP contribution in [0.2, 0.25) is 0 Å². The van der Waals surface area contributed by atoms with Gasteiger partial charge < -0.3 is 4.74 Å². The van der Waals surface area contributed by atoms with E-state index in [1.165, 1.54) is 5.56 Å². The van der Waals surface area contributed by atoms with Crippen molar-refractivity contribution in [3.63, 3.8) is 0 Å². The molecule has 0 bridgehead atoms. The quantitative estimate of drug-likeness (QED) is 0.399. The lowest BCUT2D eigenvalue weighted by atomic mass is 9.97. The summed E-state index contributed by atoms with van der Waals surface area (Å²) >= 11 is 5.59. The first-order chi connectivity index (χ1) is 9.54. The number of rotatable bonds is 8. The van der Waals surface area contributed by atoms with Crippen molar-refractivity contribution in [3.05, 3.63) is 35.4 Å². The van der Waals surface area contributed by atoms with Gasteiger partial charge in [0.2, 0.25) is 0 Å². The van der Waals surface area contributed by atoms with E-state index in [1.807, 2.05) is 19.1 Å². The van der Waals surface area contributed by atoms with Crippen molar-refractivity contribution in [1.82, 2.24) is 0 Å². The molecule has 112 valence electrons. The monoisotopic (exact) mass is 296 g/mol. The number of ether oxygens (including phenoxy) is 1. The zero-order valence-electron chi connectivity index (χ0n) is 12.7. The van der Waals surface area contributed by atoms with Crippen LogP contribution >= 0.6 is 11.6 Å². The number of carbonyl (C=O) groups is 1. The Labute approximate surface area is 127 Å². The Morgan fingerprint density at radius 3 is 2.35 bits per heavy atom. The average Bonchev–Trinajstić information content (AvgIpc) is 2.43. The molecule has 0 radical (unpaired) electrons. The van der Waals surface area contributed by atoms with Crippen LogP contribution in [0, 0.1) is 5.92 Å². The van der Waals surface area contributed by atoms with Crippen molar-refractivity contribution in [1.29, 1.82) is 0 Å². The number of alkyl halides is 1. The van der Waals surface area contributed by atoms with E-state index in [2.05, 4.69) is 26.0 Å². The first-order valence-electron chi connectivity index (χ1n) is 7.36. The van der Waals surface area contributed by atoms with Gasteiger partial charge in [-0.3, -0.25) is 4.79 Å². The largest absolute Gasteiger partial charge is 0.465 e. The summed E-state index contributed by atoms with van der Waals surface area (Å²) in [6, 6.07) is 8.27. The van der Waals surface area contributed by atoms with E-state index < -0.39 is 0 Å². The Hall–Kier alpha value is -1.02. The lowest BCUT2D eigenvalue weighted by molar-refractivity contribution is -0.145. The number of hydrogen-bond acceptors (Lipinski definition) is 2. The summed E-state index contributed by atoms with van der Waals surface area (Å²) in [6.45, 7) is 6.76. The first kappa shape index (κ1) is 17.0. The Bertz CT molecular complexity index is 398. The molecule has 0 fully saturated rings. The van der Waals surface area contributed by atoms with Gasteiger partial charge in [-0.25, -0.2) is 0 Å². The summed E-state index contributed by atoms with van der Waals surface area (Å²) in [5, 5.41) is 0. The molecule has 0 heterocycles. The topological polar surface area (TPSA) is 26.3 Å². The molecule has 1 aromatic rings. The van der Waals surface area contributed by atoms with Crippen LogP contribution < -0.4 is 0 Å². The second kappa shape index (κ2) is 9.02. The molecule has 1 unspecified atom stereocenters. The maximum Gasteiger partial charge on any atom is 0.313 e. The predicted molar refractivity (Wildman–Crippen MR) is 84.3 cm³/mol. The molecule has 1 atom stereocenters. The van der Waals surface area contributed by atoms with Crippen LogP contribution in [0.3, 0.4) is 0 Å². The third kappa shape index (κ3) is 5.96. The Kier molecular flexibility index (Phi) is 7.68.